The molecule has 0 heterocycles. The highest BCUT2D eigenvalue weighted by molar-refractivity contribution is 5.19. The Morgan fingerprint density at radius 2 is 0.729 bits per heavy atom. The molecule has 0 saturated carbocycles. The third kappa shape index (κ3) is 6.77. The maximum Gasteiger partial charge on any atom is 0.460 e. The predicted octanol–water partition coefficient (Wildman–Crippen LogP) is 7.83. The third-order valence-corrected chi connectivity index (χ3v) is 6.20. The zero-order chi connectivity index (χ0) is 39.4. The average molecular weight is 778 g/mol. The van der Waals surface area contributed by atoms with Crippen molar-refractivity contribution in [1.29, 1.82) is 0 Å². The zero-order valence-corrected chi connectivity index (χ0v) is 23.0. The van der Waals surface area contributed by atoms with E-state index in [1.165, 1.54) is 19.0 Å². The summed E-state index contributed by atoms with van der Waals surface area (Å²) >= 11 is 0. The summed E-state index contributed by atoms with van der Waals surface area (Å²) in [4.78, 5) is 1.50. The van der Waals surface area contributed by atoms with Crippen LogP contribution < -0.4 is 5.32 Å². The second kappa shape index (κ2) is 13.0. The first-order chi connectivity index (χ1) is 20.6. The summed E-state index contributed by atoms with van der Waals surface area (Å²) < 4.78 is 337. The molecule has 290 valence electrons. The van der Waals surface area contributed by atoms with Gasteiger partial charge in [0.2, 0.25) is 0 Å². The van der Waals surface area contributed by atoms with Gasteiger partial charge >= 0.3 is 71.3 Å². The Labute approximate surface area is 250 Å². The Kier molecular flexibility index (Phi) is 12.5. The van der Waals surface area contributed by atoms with Crippen molar-refractivity contribution in [2.45, 2.75) is 90.3 Å². The highest BCUT2D eigenvalue weighted by atomic mass is 19.4. The molecule has 0 saturated heterocycles. The zero-order valence-electron chi connectivity index (χ0n) is 23.0. The Balaban J connectivity index is 6.85. The fourth-order valence-corrected chi connectivity index (χ4v) is 3.27. The average Bonchev–Trinajstić information content (AvgIpc) is 2.86. The molecule has 1 unspecified atom stereocenters. The van der Waals surface area contributed by atoms with E-state index < -0.39 is 90.4 Å². The van der Waals surface area contributed by atoms with Crippen molar-refractivity contribution in [3.05, 3.63) is 0 Å². The highest BCUT2D eigenvalue weighted by Crippen LogP contribution is 2.67. The minimum Gasteiger partial charge on any atom is -0.392 e. The molecule has 0 aromatic heterocycles. The van der Waals surface area contributed by atoms with Gasteiger partial charge in [0, 0.05) is 13.0 Å². The summed E-state index contributed by atoms with van der Waals surface area (Å²) in [5.74, 6) is -98.8. The third-order valence-electron chi connectivity index (χ3n) is 6.20. The second-order valence-corrected chi connectivity index (χ2v) is 10.2. The van der Waals surface area contributed by atoms with Crippen LogP contribution in [0.25, 0.3) is 0 Å². The fraction of sp³-hybridized carbons (Fsp3) is 1.00. The molecule has 3 nitrogen and oxygen atoms in total. The largest absolute Gasteiger partial charge is 0.460 e. The van der Waals surface area contributed by atoms with E-state index in [9.17, 15) is 115 Å². The number of hydrogen-bond donors (Lipinski definition) is 2. The summed E-state index contributed by atoms with van der Waals surface area (Å²) in [6.45, 7) is -1.35. The van der Waals surface area contributed by atoms with E-state index in [2.05, 4.69) is 0 Å². The monoisotopic (exact) mass is 778 g/mol. The lowest BCUT2D eigenvalue weighted by molar-refractivity contribution is -0.482. The first-order valence-corrected chi connectivity index (χ1v) is 11.8. The van der Waals surface area contributed by atoms with Crippen LogP contribution in [0.3, 0.4) is 0 Å². The van der Waals surface area contributed by atoms with Crippen molar-refractivity contribution in [3.8, 4) is 0 Å². The summed E-state index contributed by atoms with van der Waals surface area (Å²) in [5, 5.41) is 11.3. The van der Waals surface area contributed by atoms with Crippen molar-refractivity contribution in [2.75, 3.05) is 33.7 Å². The van der Waals surface area contributed by atoms with Gasteiger partial charge < -0.3 is 15.3 Å². The predicted molar refractivity (Wildman–Crippen MR) is 107 cm³/mol. The van der Waals surface area contributed by atoms with Gasteiger partial charge in [0.05, 0.1) is 6.10 Å². The summed E-state index contributed by atoms with van der Waals surface area (Å²) in [6, 6.07) is 0. The van der Waals surface area contributed by atoms with E-state index in [-0.39, 0.29) is 19.5 Å². The van der Waals surface area contributed by atoms with E-state index in [1.54, 1.807) is 0 Å². The molecule has 0 aromatic carbocycles. The molecular formula is C20H19F25N2O. The molecule has 0 aromatic rings. The quantitative estimate of drug-likeness (QED) is 0.110. The lowest BCUT2D eigenvalue weighted by Crippen LogP contribution is -2.78. The lowest BCUT2D eigenvalue weighted by Gasteiger charge is -2.45. The molecule has 2 N–H and O–H groups in total. The maximum atomic E-state index is 14.0. The van der Waals surface area contributed by atoms with Crippen LogP contribution in [-0.2, 0) is 0 Å². The van der Waals surface area contributed by atoms with Crippen LogP contribution in [0.5, 0.6) is 0 Å². The SMILES string of the molecule is CN(C)CCCNCC(O)CC(F)(F)C(F)(F)C(F)(F)C(F)(F)C(F)(F)C(F)(F)C(F)(F)C(F)(F)C(F)(F)C(F)(F)C(F)(F)C(F)(F)F. The Morgan fingerprint density at radius 3 is 1.00 bits per heavy atom. The fourth-order valence-electron chi connectivity index (χ4n) is 3.27. The van der Waals surface area contributed by atoms with E-state index >= 15 is 0 Å². The molecule has 0 radical (unpaired) electrons. The van der Waals surface area contributed by atoms with Crippen LogP contribution >= 0.6 is 0 Å². The Bertz CT molecular complexity index is 1080. The van der Waals surface area contributed by atoms with E-state index in [0.717, 1.165) is 0 Å². The van der Waals surface area contributed by atoms with Crippen LogP contribution in [0.1, 0.15) is 12.8 Å². The number of rotatable bonds is 18. The summed E-state index contributed by atoms with van der Waals surface area (Å²) in [6.07, 6.45) is -14.3. The molecule has 0 aliphatic rings. The molecule has 1 atom stereocenters. The minimum absolute atomic E-state index is 0.0951. The van der Waals surface area contributed by atoms with Crippen LogP contribution in [0, 0.1) is 0 Å². The number of alkyl halides is 25. The van der Waals surface area contributed by atoms with Gasteiger partial charge in [-0.3, -0.25) is 0 Å². The molecule has 0 bridgehead atoms. The minimum atomic E-state index is -9.62. The number of nitrogens with one attached hydrogen (secondary N) is 1. The van der Waals surface area contributed by atoms with E-state index in [0.29, 0.717) is 0 Å². The van der Waals surface area contributed by atoms with Crippen LogP contribution in [0.4, 0.5) is 110 Å². The number of halogens is 25. The highest BCUT2D eigenvalue weighted by Gasteiger charge is 2.99. The molecule has 48 heavy (non-hydrogen) atoms. The van der Waals surface area contributed by atoms with Gasteiger partial charge in [0.25, 0.3) is 0 Å². The number of aliphatic hydroxyl groups is 1. The normalized spacial score (nSPS) is 16.9. The van der Waals surface area contributed by atoms with Gasteiger partial charge in [-0.2, -0.15) is 110 Å². The van der Waals surface area contributed by atoms with Crippen LogP contribution in [0.15, 0.2) is 0 Å². The second-order valence-electron chi connectivity index (χ2n) is 10.2. The van der Waals surface area contributed by atoms with Gasteiger partial charge in [-0.05, 0) is 33.6 Å². The number of nitrogens with zero attached hydrogens (tertiary/aromatic N) is 1. The van der Waals surface area contributed by atoms with Crippen molar-refractivity contribution in [3.63, 3.8) is 0 Å². The lowest BCUT2D eigenvalue weighted by atomic mass is 9.84. The van der Waals surface area contributed by atoms with Gasteiger partial charge in [-0.25, -0.2) is 0 Å². The smallest absolute Gasteiger partial charge is 0.392 e. The van der Waals surface area contributed by atoms with E-state index in [1.807, 2.05) is 5.32 Å². The first kappa shape index (κ1) is 46.1. The molecule has 28 heteroatoms. The Morgan fingerprint density at radius 1 is 0.458 bits per heavy atom. The summed E-state index contributed by atoms with van der Waals surface area (Å²) in [5.41, 5.74) is 0. The van der Waals surface area contributed by atoms with E-state index in [4.69, 9.17) is 0 Å². The van der Waals surface area contributed by atoms with Crippen LogP contribution in [0.2, 0.25) is 0 Å². The number of hydrogen-bond acceptors (Lipinski definition) is 3. The van der Waals surface area contributed by atoms with Gasteiger partial charge in [-0.1, -0.05) is 0 Å². The number of aliphatic hydroxyl groups excluding tert-OH is 1. The van der Waals surface area contributed by atoms with Crippen molar-refractivity contribution < 1.29 is 115 Å². The van der Waals surface area contributed by atoms with Gasteiger partial charge in [0.1, 0.15) is 0 Å². The molecule has 0 spiro atoms. The molecule has 0 aliphatic carbocycles. The van der Waals surface area contributed by atoms with Crippen LogP contribution in [-0.4, -0.2) is 121 Å². The molecule has 0 rings (SSSR count). The Hall–Kier alpha value is -1.87. The standard InChI is InChI=1S/C20H19F25N2O/c1-47(2)5-3-4-46-7-8(48)6-9(21,22)10(23,24)11(25,26)12(27,28)13(29,30)14(31,32)15(33,34)16(35,36)17(37,38)18(39,40)19(41,42)20(43,44)45/h8,46,48H,3-7H2,1-2H3. The maximum absolute atomic E-state index is 14.0. The van der Waals surface area contributed by atoms with Gasteiger partial charge in [-0.15, -0.1) is 0 Å². The topological polar surface area (TPSA) is 35.5 Å². The van der Waals surface area contributed by atoms with Crippen molar-refractivity contribution in [1.82, 2.24) is 10.2 Å². The van der Waals surface area contributed by atoms with Crippen molar-refractivity contribution >= 4 is 0 Å². The molecule has 0 aliphatic heterocycles. The van der Waals surface area contributed by atoms with Gasteiger partial charge in [0.15, 0.2) is 0 Å². The summed E-state index contributed by atoms with van der Waals surface area (Å²) in [7, 11) is 2.99. The first-order valence-electron chi connectivity index (χ1n) is 11.8. The van der Waals surface area contributed by atoms with Crippen molar-refractivity contribution in [2.24, 2.45) is 0 Å². The molecular weight excluding hydrogens is 759 g/mol. The molecule has 0 amide bonds. The molecule has 0 fully saturated rings.